The summed E-state index contributed by atoms with van der Waals surface area (Å²) in [5.74, 6) is 1.19. The molecule has 0 atom stereocenters. The molecule has 0 fully saturated rings. The zero-order chi connectivity index (χ0) is 18.8. The minimum Gasteiger partial charge on any atom is -0.382 e. The molecule has 0 saturated heterocycles. The molecule has 1 heterocycles. The number of nitrogens with zero attached hydrogens (tertiary/aromatic N) is 3. The fourth-order valence-electron chi connectivity index (χ4n) is 2.51. The highest BCUT2D eigenvalue weighted by Crippen LogP contribution is 2.17. The van der Waals surface area contributed by atoms with Crippen LogP contribution in [-0.4, -0.2) is 41.8 Å². The van der Waals surface area contributed by atoms with E-state index in [2.05, 4.69) is 20.6 Å². The SMILES string of the molecule is CCNC(=NCc1ccc(-n2ccnc2C)c(F)c1)NCCCOCC. The van der Waals surface area contributed by atoms with Crippen LogP contribution in [0.4, 0.5) is 4.39 Å². The number of hydrogen-bond donors (Lipinski definition) is 2. The van der Waals surface area contributed by atoms with Crippen LogP contribution in [0.2, 0.25) is 0 Å². The van der Waals surface area contributed by atoms with Gasteiger partial charge in [-0.3, -0.25) is 0 Å². The average Bonchev–Trinajstić information content (AvgIpc) is 3.05. The molecule has 6 nitrogen and oxygen atoms in total. The maximum atomic E-state index is 14.4. The second kappa shape index (κ2) is 10.6. The maximum Gasteiger partial charge on any atom is 0.191 e. The van der Waals surface area contributed by atoms with E-state index in [-0.39, 0.29) is 5.82 Å². The monoisotopic (exact) mass is 361 g/mol. The number of hydrogen-bond acceptors (Lipinski definition) is 3. The summed E-state index contributed by atoms with van der Waals surface area (Å²) >= 11 is 0. The molecule has 0 aliphatic rings. The molecule has 142 valence electrons. The van der Waals surface area contributed by atoms with Gasteiger partial charge < -0.3 is 19.9 Å². The van der Waals surface area contributed by atoms with E-state index in [1.54, 1.807) is 23.0 Å². The van der Waals surface area contributed by atoms with Crippen LogP contribution in [0.3, 0.4) is 0 Å². The number of aryl methyl sites for hydroxylation is 1. The van der Waals surface area contributed by atoms with E-state index in [0.29, 0.717) is 12.2 Å². The first kappa shape index (κ1) is 19.9. The molecule has 0 bridgehead atoms. The fraction of sp³-hybridized carbons (Fsp3) is 0.474. The zero-order valence-corrected chi connectivity index (χ0v) is 15.8. The summed E-state index contributed by atoms with van der Waals surface area (Å²) in [7, 11) is 0. The van der Waals surface area contributed by atoms with Crippen molar-refractivity contribution in [1.29, 1.82) is 0 Å². The molecular weight excluding hydrogens is 333 g/mol. The Kier molecular flexibility index (Phi) is 8.08. The van der Waals surface area contributed by atoms with E-state index in [0.717, 1.165) is 50.1 Å². The Bertz CT molecular complexity index is 714. The van der Waals surface area contributed by atoms with Gasteiger partial charge in [0.1, 0.15) is 11.6 Å². The topological polar surface area (TPSA) is 63.5 Å². The molecule has 7 heteroatoms. The number of benzene rings is 1. The third-order valence-corrected chi connectivity index (χ3v) is 3.82. The number of aliphatic imine (C=N–C) groups is 1. The van der Waals surface area contributed by atoms with Crippen molar-refractivity contribution in [1.82, 2.24) is 20.2 Å². The first-order valence-electron chi connectivity index (χ1n) is 9.04. The lowest BCUT2D eigenvalue weighted by Gasteiger charge is -2.12. The number of rotatable bonds is 9. The van der Waals surface area contributed by atoms with E-state index in [1.165, 1.54) is 6.07 Å². The van der Waals surface area contributed by atoms with Crippen LogP contribution >= 0.6 is 0 Å². The van der Waals surface area contributed by atoms with Crippen molar-refractivity contribution in [3.63, 3.8) is 0 Å². The van der Waals surface area contributed by atoms with Crippen molar-refractivity contribution in [2.75, 3.05) is 26.3 Å². The molecule has 0 saturated carbocycles. The van der Waals surface area contributed by atoms with E-state index >= 15 is 0 Å². The molecule has 0 aliphatic heterocycles. The molecule has 26 heavy (non-hydrogen) atoms. The summed E-state index contributed by atoms with van der Waals surface area (Å²) in [6, 6.07) is 5.17. The summed E-state index contributed by atoms with van der Waals surface area (Å²) in [5.41, 5.74) is 1.31. The van der Waals surface area contributed by atoms with Crippen LogP contribution in [0.15, 0.2) is 35.6 Å². The summed E-state index contributed by atoms with van der Waals surface area (Å²) in [6.07, 6.45) is 4.32. The summed E-state index contributed by atoms with van der Waals surface area (Å²) in [5, 5.41) is 6.45. The van der Waals surface area contributed by atoms with Crippen LogP contribution in [0.25, 0.3) is 5.69 Å². The van der Waals surface area contributed by atoms with Crippen LogP contribution < -0.4 is 10.6 Å². The number of imidazole rings is 1. The summed E-state index contributed by atoms with van der Waals surface area (Å²) in [4.78, 5) is 8.65. The van der Waals surface area contributed by atoms with E-state index in [1.807, 2.05) is 26.8 Å². The predicted molar refractivity (Wildman–Crippen MR) is 102 cm³/mol. The number of halogens is 1. The molecule has 2 N–H and O–H groups in total. The van der Waals surface area contributed by atoms with Gasteiger partial charge >= 0.3 is 0 Å². The standard InChI is InChI=1S/C19H28FN5O/c1-4-21-19(23-9-6-12-26-5-2)24-14-16-7-8-18(17(20)13-16)25-11-10-22-15(25)3/h7-8,10-11,13H,4-6,9,12,14H2,1-3H3,(H2,21,23,24). The molecule has 0 amide bonds. The van der Waals surface area contributed by atoms with E-state index < -0.39 is 0 Å². The van der Waals surface area contributed by atoms with E-state index in [4.69, 9.17) is 4.74 Å². The van der Waals surface area contributed by atoms with Crippen LogP contribution in [0, 0.1) is 12.7 Å². The molecule has 0 unspecified atom stereocenters. The van der Waals surface area contributed by atoms with Crippen molar-refractivity contribution in [2.24, 2.45) is 4.99 Å². The van der Waals surface area contributed by atoms with Crippen molar-refractivity contribution < 1.29 is 9.13 Å². The van der Waals surface area contributed by atoms with Gasteiger partial charge in [0, 0.05) is 38.7 Å². The Morgan fingerprint density at radius 1 is 1.31 bits per heavy atom. The fourth-order valence-corrected chi connectivity index (χ4v) is 2.51. The molecule has 0 spiro atoms. The number of ether oxygens (including phenoxy) is 1. The first-order chi connectivity index (χ1) is 12.7. The van der Waals surface area contributed by atoms with Gasteiger partial charge in [-0.15, -0.1) is 0 Å². The lowest BCUT2D eigenvalue weighted by molar-refractivity contribution is 0.145. The highest BCUT2D eigenvalue weighted by Gasteiger charge is 2.08. The van der Waals surface area contributed by atoms with Crippen molar-refractivity contribution in [3.05, 3.63) is 47.8 Å². The lowest BCUT2D eigenvalue weighted by Crippen LogP contribution is -2.38. The molecule has 1 aromatic carbocycles. The largest absolute Gasteiger partial charge is 0.382 e. The maximum absolute atomic E-state index is 14.4. The molecule has 2 rings (SSSR count). The molecule has 1 aromatic heterocycles. The predicted octanol–water partition coefficient (Wildman–Crippen LogP) is 2.80. The molecule has 0 aliphatic carbocycles. The third-order valence-electron chi connectivity index (χ3n) is 3.82. The Morgan fingerprint density at radius 2 is 2.15 bits per heavy atom. The van der Waals surface area contributed by atoms with Gasteiger partial charge in [0.25, 0.3) is 0 Å². The van der Waals surface area contributed by atoms with Gasteiger partial charge in [-0.25, -0.2) is 14.4 Å². The van der Waals surface area contributed by atoms with Gasteiger partial charge in [0.2, 0.25) is 0 Å². The highest BCUT2D eigenvalue weighted by molar-refractivity contribution is 5.79. The Morgan fingerprint density at radius 3 is 2.81 bits per heavy atom. The van der Waals surface area contributed by atoms with E-state index in [9.17, 15) is 4.39 Å². The quantitative estimate of drug-likeness (QED) is 0.410. The Labute approximate surface area is 154 Å². The lowest BCUT2D eigenvalue weighted by atomic mass is 10.2. The van der Waals surface area contributed by atoms with Crippen molar-refractivity contribution >= 4 is 5.96 Å². The summed E-state index contributed by atoms with van der Waals surface area (Å²) < 4.78 is 21.5. The highest BCUT2D eigenvalue weighted by atomic mass is 19.1. The van der Waals surface area contributed by atoms with Gasteiger partial charge in [-0.05, 0) is 44.9 Å². The smallest absolute Gasteiger partial charge is 0.191 e. The minimum atomic E-state index is -0.284. The van der Waals surface area contributed by atoms with Gasteiger partial charge in [0.05, 0.1) is 12.2 Å². The number of aromatic nitrogens is 2. The number of guanidine groups is 1. The average molecular weight is 361 g/mol. The molecule has 0 radical (unpaired) electrons. The second-order valence-electron chi connectivity index (χ2n) is 5.80. The zero-order valence-electron chi connectivity index (χ0n) is 15.8. The Hall–Kier alpha value is -2.41. The normalized spacial score (nSPS) is 11.6. The van der Waals surface area contributed by atoms with Crippen molar-refractivity contribution in [2.45, 2.75) is 33.7 Å². The van der Waals surface area contributed by atoms with Crippen molar-refractivity contribution in [3.8, 4) is 5.69 Å². The minimum absolute atomic E-state index is 0.284. The van der Waals surface area contributed by atoms with Crippen LogP contribution in [-0.2, 0) is 11.3 Å². The van der Waals surface area contributed by atoms with Crippen LogP contribution in [0.5, 0.6) is 0 Å². The molecular formula is C19H28FN5O. The molecule has 2 aromatic rings. The Balaban J connectivity index is 1.98. The van der Waals surface area contributed by atoms with Crippen LogP contribution in [0.1, 0.15) is 31.7 Å². The van der Waals surface area contributed by atoms with Gasteiger partial charge in [0.15, 0.2) is 5.96 Å². The summed E-state index contributed by atoms with van der Waals surface area (Å²) in [6.45, 7) is 9.25. The second-order valence-corrected chi connectivity index (χ2v) is 5.80. The van der Waals surface area contributed by atoms with Gasteiger partial charge in [-0.1, -0.05) is 6.07 Å². The third kappa shape index (κ3) is 5.84. The number of nitrogens with one attached hydrogen (secondary N) is 2. The first-order valence-corrected chi connectivity index (χ1v) is 9.04. The van der Waals surface area contributed by atoms with Gasteiger partial charge in [-0.2, -0.15) is 0 Å².